The highest BCUT2D eigenvalue weighted by atomic mass is 16.5. The van der Waals surface area contributed by atoms with Gasteiger partial charge in [0.15, 0.2) is 11.5 Å². The lowest BCUT2D eigenvalue weighted by molar-refractivity contribution is 0.102. The van der Waals surface area contributed by atoms with Crippen molar-refractivity contribution in [2.24, 2.45) is 5.73 Å². The smallest absolute Gasteiger partial charge is 0.262 e. The van der Waals surface area contributed by atoms with Crippen LogP contribution in [0.3, 0.4) is 0 Å². The molecule has 1 aromatic heterocycles. The summed E-state index contributed by atoms with van der Waals surface area (Å²) in [6, 6.07) is 17.6. The van der Waals surface area contributed by atoms with Gasteiger partial charge in [-0.1, -0.05) is 18.2 Å². The molecule has 11 heteroatoms. The highest BCUT2D eigenvalue weighted by Gasteiger charge is 2.23. The number of amides is 1. The van der Waals surface area contributed by atoms with E-state index in [-0.39, 0.29) is 23.1 Å². The molecule has 0 spiro atoms. The van der Waals surface area contributed by atoms with Gasteiger partial charge in [0.25, 0.3) is 5.91 Å². The Morgan fingerprint density at radius 3 is 2.20 bits per heavy atom. The number of benzene rings is 3. The molecule has 1 fully saturated rings. The Balaban J connectivity index is 1.47. The topological polar surface area (TPSA) is 127 Å². The van der Waals surface area contributed by atoms with Gasteiger partial charge < -0.3 is 40.4 Å². The van der Waals surface area contributed by atoms with Crippen LogP contribution in [0.1, 0.15) is 27.0 Å². The number of anilines is 4. The van der Waals surface area contributed by atoms with Crippen molar-refractivity contribution in [3.8, 4) is 23.1 Å². The number of likely N-dealkylation sites (N-methyl/N-ethyl adjacent to an activating group) is 1. The molecule has 0 unspecified atom stereocenters. The van der Waals surface area contributed by atoms with Gasteiger partial charge in [-0.25, -0.2) is 4.98 Å². The maximum Gasteiger partial charge on any atom is 0.262 e. The molecule has 45 heavy (non-hydrogen) atoms. The minimum atomic E-state index is -0.414. The summed E-state index contributed by atoms with van der Waals surface area (Å²) in [6.45, 7) is 8.38. The summed E-state index contributed by atoms with van der Waals surface area (Å²) in [4.78, 5) is 27.5. The summed E-state index contributed by atoms with van der Waals surface area (Å²) in [5, 5.41) is 6.26. The highest BCUT2D eigenvalue weighted by Crippen LogP contribution is 2.42. The van der Waals surface area contributed by atoms with Crippen molar-refractivity contribution < 1.29 is 19.0 Å². The van der Waals surface area contributed by atoms with E-state index in [0.29, 0.717) is 24.5 Å². The average Bonchev–Trinajstić information content (AvgIpc) is 3.04. The summed E-state index contributed by atoms with van der Waals surface area (Å²) in [7, 11) is 5.23. The van der Waals surface area contributed by atoms with E-state index < -0.39 is 5.91 Å². The van der Waals surface area contributed by atoms with E-state index in [1.807, 2.05) is 56.3 Å². The molecule has 11 nitrogen and oxygen atoms in total. The van der Waals surface area contributed by atoms with Crippen LogP contribution in [0, 0.1) is 13.8 Å². The second-order valence-electron chi connectivity index (χ2n) is 11.1. The van der Waals surface area contributed by atoms with Crippen molar-refractivity contribution in [2.45, 2.75) is 20.3 Å². The van der Waals surface area contributed by atoms with E-state index in [1.54, 1.807) is 14.2 Å². The number of piperazine rings is 1. The summed E-state index contributed by atoms with van der Waals surface area (Å²) in [5.41, 5.74) is 11.4. The second kappa shape index (κ2) is 14.3. The molecule has 1 aliphatic heterocycles. The third kappa shape index (κ3) is 7.44. The normalized spacial score (nSPS) is 13.3. The number of aryl methyl sites for hydroxylation is 2. The number of nitrogens with two attached hydrogens (primary N) is 1. The number of nitrogens with zero attached hydrogens (tertiary/aromatic N) is 4. The van der Waals surface area contributed by atoms with Gasteiger partial charge in [-0.05, 0) is 86.9 Å². The van der Waals surface area contributed by atoms with Crippen LogP contribution < -0.4 is 35.5 Å². The Morgan fingerprint density at radius 2 is 1.60 bits per heavy atom. The van der Waals surface area contributed by atoms with Crippen molar-refractivity contribution in [1.82, 2.24) is 14.9 Å². The van der Waals surface area contributed by atoms with E-state index in [2.05, 4.69) is 49.6 Å². The molecule has 5 rings (SSSR count). The molecule has 236 valence electrons. The number of carbonyl (C=O) groups excluding carboxylic acids is 1. The van der Waals surface area contributed by atoms with Crippen molar-refractivity contribution in [3.05, 3.63) is 83.0 Å². The number of rotatable bonds is 11. The van der Waals surface area contributed by atoms with Crippen LogP contribution >= 0.6 is 0 Å². The van der Waals surface area contributed by atoms with Gasteiger partial charge in [0.1, 0.15) is 5.56 Å². The van der Waals surface area contributed by atoms with Gasteiger partial charge in [-0.15, -0.1) is 0 Å². The maximum absolute atomic E-state index is 13.7. The van der Waals surface area contributed by atoms with Crippen LogP contribution in [0.4, 0.5) is 23.0 Å². The molecule has 1 aliphatic rings. The predicted molar refractivity (Wildman–Crippen MR) is 178 cm³/mol. The third-order valence-corrected chi connectivity index (χ3v) is 7.86. The molecule has 0 atom stereocenters. The summed E-state index contributed by atoms with van der Waals surface area (Å²) in [6.07, 6.45) is 2.08. The first kappa shape index (κ1) is 31.6. The molecule has 0 saturated carbocycles. The zero-order valence-corrected chi connectivity index (χ0v) is 26.5. The van der Waals surface area contributed by atoms with E-state index in [4.69, 9.17) is 19.9 Å². The van der Waals surface area contributed by atoms with Crippen molar-refractivity contribution in [2.75, 3.05) is 69.5 Å². The van der Waals surface area contributed by atoms with E-state index in [1.165, 1.54) is 6.20 Å². The molecule has 1 amide bonds. The molecule has 4 N–H and O–H groups in total. The number of hydrogen-bond donors (Lipinski definition) is 3. The van der Waals surface area contributed by atoms with Gasteiger partial charge >= 0.3 is 0 Å². The molecular formula is C34H41N7O4. The monoisotopic (exact) mass is 611 g/mol. The number of nitrogens with one attached hydrogen (secondary N) is 2. The van der Waals surface area contributed by atoms with Crippen LogP contribution in [0.25, 0.3) is 0 Å². The number of methoxy groups -OCH3 is 2. The zero-order chi connectivity index (χ0) is 31.9. The van der Waals surface area contributed by atoms with Crippen molar-refractivity contribution >= 4 is 28.9 Å². The van der Waals surface area contributed by atoms with Gasteiger partial charge in [-0.3, -0.25) is 4.79 Å². The summed E-state index contributed by atoms with van der Waals surface area (Å²) >= 11 is 0. The van der Waals surface area contributed by atoms with Gasteiger partial charge in [-0.2, -0.15) is 4.98 Å². The van der Waals surface area contributed by atoms with Crippen molar-refractivity contribution in [3.63, 3.8) is 0 Å². The first-order valence-corrected chi connectivity index (χ1v) is 15.0. The first-order chi connectivity index (χ1) is 21.8. The van der Waals surface area contributed by atoms with E-state index in [0.717, 1.165) is 59.9 Å². The lowest BCUT2D eigenvalue weighted by atomic mass is 10.1. The van der Waals surface area contributed by atoms with Crippen LogP contribution in [0.15, 0.2) is 60.8 Å². The number of para-hydroxylation sites is 1. The molecule has 4 aromatic rings. The molecular weight excluding hydrogens is 570 g/mol. The molecule has 0 radical (unpaired) electrons. The van der Waals surface area contributed by atoms with Crippen LogP contribution in [-0.2, 0) is 6.42 Å². The Hall–Kier alpha value is -4.87. The highest BCUT2D eigenvalue weighted by molar-refractivity contribution is 6.06. The number of carbonyl (C=O) groups is 1. The molecule has 1 saturated heterocycles. The summed E-state index contributed by atoms with van der Waals surface area (Å²) < 4.78 is 17.7. The quantitative estimate of drug-likeness (QED) is 0.210. The van der Waals surface area contributed by atoms with Crippen molar-refractivity contribution in [1.29, 1.82) is 0 Å². The van der Waals surface area contributed by atoms with Gasteiger partial charge in [0.2, 0.25) is 17.6 Å². The fourth-order valence-electron chi connectivity index (χ4n) is 5.24. The van der Waals surface area contributed by atoms with E-state index in [9.17, 15) is 4.79 Å². The Labute approximate surface area is 264 Å². The third-order valence-electron chi connectivity index (χ3n) is 7.86. The average molecular weight is 612 g/mol. The number of ether oxygens (including phenoxy) is 3. The lowest BCUT2D eigenvalue weighted by Crippen LogP contribution is -2.44. The Morgan fingerprint density at radius 1 is 0.956 bits per heavy atom. The first-order valence-electron chi connectivity index (χ1n) is 15.0. The largest absolute Gasteiger partial charge is 0.493 e. The Kier molecular flexibility index (Phi) is 10.0. The maximum atomic E-state index is 13.7. The standard InChI is InChI=1S/C34H41N7O4/c1-22-7-6-8-23(2)30(22)38-32(42)27-21-36-34(37-25-9-11-26(12-10-25)41-17-15-40(3)16-18-41)39-33(27)45-31-28(43-4)19-24(13-14-35)20-29(31)44-5/h6-12,19-21H,13-18,35H2,1-5H3,(H,38,42)(H,36,37,39). The molecule has 0 aliphatic carbocycles. The predicted octanol–water partition coefficient (Wildman–Crippen LogP) is 5.15. The van der Waals surface area contributed by atoms with Gasteiger partial charge in [0.05, 0.1) is 14.2 Å². The SMILES string of the molecule is COc1cc(CCN)cc(OC)c1Oc1nc(Nc2ccc(N3CCN(C)CC3)cc2)ncc1C(=O)Nc1c(C)cccc1C. The summed E-state index contributed by atoms with van der Waals surface area (Å²) in [5.74, 6) is 1.01. The van der Waals surface area contributed by atoms with Crippen LogP contribution in [0.2, 0.25) is 0 Å². The minimum absolute atomic E-state index is 0.0356. The number of aromatic nitrogens is 2. The fraction of sp³-hybridized carbons (Fsp3) is 0.324. The number of hydrogen-bond acceptors (Lipinski definition) is 10. The van der Waals surface area contributed by atoms with Gasteiger partial charge in [0, 0.05) is 49.4 Å². The van der Waals surface area contributed by atoms with Crippen LogP contribution in [-0.4, -0.2) is 74.8 Å². The van der Waals surface area contributed by atoms with Crippen LogP contribution in [0.5, 0.6) is 23.1 Å². The zero-order valence-electron chi connectivity index (χ0n) is 26.5. The Bertz CT molecular complexity index is 1590. The fourth-order valence-corrected chi connectivity index (χ4v) is 5.24. The lowest BCUT2D eigenvalue weighted by Gasteiger charge is -2.34. The molecule has 3 aromatic carbocycles. The van der Waals surface area contributed by atoms with E-state index >= 15 is 0 Å². The minimum Gasteiger partial charge on any atom is -0.493 e. The second-order valence-corrected chi connectivity index (χ2v) is 11.1. The molecule has 2 heterocycles. The molecule has 0 bridgehead atoms.